The van der Waals surface area contributed by atoms with Gasteiger partial charge in [0.05, 0.1) is 13.5 Å². The van der Waals surface area contributed by atoms with Crippen LogP contribution in [0.3, 0.4) is 0 Å². The molecule has 0 aromatic carbocycles. The van der Waals surface area contributed by atoms with Gasteiger partial charge >= 0.3 is 11.9 Å². The smallest absolute Gasteiger partial charge is 0.326 e. The van der Waals surface area contributed by atoms with E-state index in [1.807, 2.05) is 0 Å². The van der Waals surface area contributed by atoms with Crippen LogP contribution in [0.4, 0.5) is 0 Å². The molecular weight excluding hydrogens is 252 g/mol. The van der Waals surface area contributed by atoms with Crippen LogP contribution in [0.15, 0.2) is 0 Å². The van der Waals surface area contributed by atoms with Crippen molar-refractivity contribution in [2.75, 3.05) is 13.7 Å². The number of aliphatic carboxylic acids is 1. The van der Waals surface area contributed by atoms with Crippen molar-refractivity contribution in [2.24, 2.45) is 11.1 Å². The average molecular weight is 272 g/mol. The normalized spacial score (nSPS) is 18.0. The van der Waals surface area contributed by atoms with Crippen LogP contribution < -0.4 is 11.1 Å². The SMILES string of the molecule is COC(=O)C[C@H](NC(=O)CC1(CN)CCC1)C(=O)O. The van der Waals surface area contributed by atoms with Gasteiger partial charge in [-0.2, -0.15) is 0 Å². The fourth-order valence-corrected chi connectivity index (χ4v) is 2.17. The first kappa shape index (κ1) is 15.4. The number of carboxylic acids is 1. The van der Waals surface area contributed by atoms with Gasteiger partial charge in [0.2, 0.25) is 5.91 Å². The van der Waals surface area contributed by atoms with Crippen LogP contribution in [0.1, 0.15) is 32.1 Å². The van der Waals surface area contributed by atoms with Crippen molar-refractivity contribution in [2.45, 2.75) is 38.1 Å². The van der Waals surface area contributed by atoms with Crippen LogP contribution >= 0.6 is 0 Å². The average Bonchev–Trinajstić information content (AvgIpc) is 2.32. The van der Waals surface area contributed by atoms with Gasteiger partial charge in [-0.15, -0.1) is 0 Å². The second kappa shape index (κ2) is 6.51. The lowest BCUT2D eigenvalue weighted by Crippen LogP contribution is -2.47. The van der Waals surface area contributed by atoms with E-state index in [2.05, 4.69) is 10.1 Å². The van der Waals surface area contributed by atoms with Gasteiger partial charge in [-0.3, -0.25) is 9.59 Å². The molecule has 19 heavy (non-hydrogen) atoms. The molecule has 0 saturated heterocycles. The summed E-state index contributed by atoms with van der Waals surface area (Å²) < 4.78 is 4.39. The minimum absolute atomic E-state index is 0.196. The first-order valence-electron chi connectivity index (χ1n) is 6.21. The molecule has 1 saturated carbocycles. The number of carbonyl (C=O) groups excluding carboxylic acids is 2. The number of nitrogens with one attached hydrogen (secondary N) is 1. The van der Waals surface area contributed by atoms with E-state index in [9.17, 15) is 14.4 Å². The molecule has 1 rings (SSSR count). The summed E-state index contributed by atoms with van der Waals surface area (Å²) >= 11 is 0. The Morgan fingerprint density at radius 2 is 2.05 bits per heavy atom. The molecule has 1 aliphatic carbocycles. The Morgan fingerprint density at radius 1 is 1.42 bits per heavy atom. The molecule has 0 bridgehead atoms. The molecule has 0 radical (unpaired) electrons. The zero-order valence-electron chi connectivity index (χ0n) is 11.0. The van der Waals surface area contributed by atoms with E-state index in [1.165, 1.54) is 7.11 Å². The van der Waals surface area contributed by atoms with E-state index >= 15 is 0 Å². The standard InChI is InChI=1S/C12H20N2O5/c1-19-10(16)5-8(11(17)18)14-9(15)6-12(7-13)3-2-4-12/h8H,2-7,13H2,1H3,(H,14,15)(H,17,18)/t8-/m0/s1. The third-order valence-corrected chi connectivity index (χ3v) is 3.61. The molecule has 1 aliphatic rings. The van der Waals surface area contributed by atoms with Gasteiger partial charge in [0, 0.05) is 6.42 Å². The lowest BCUT2D eigenvalue weighted by molar-refractivity contribution is -0.149. The summed E-state index contributed by atoms with van der Waals surface area (Å²) in [5.41, 5.74) is 5.44. The van der Waals surface area contributed by atoms with E-state index in [0.29, 0.717) is 6.54 Å². The molecule has 0 aromatic heterocycles. The van der Waals surface area contributed by atoms with Crippen molar-refractivity contribution in [1.29, 1.82) is 0 Å². The van der Waals surface area contributed by atoms with Crippen LogP contribution in [0.25, 0.3) is 0 Å². The van der Waals surface area contributed by atoms with Gasteiger partial charge in [0.1, 0.15) is 6.04 Å². The lowest BCUT2D eigenvalue weighted by Gasteiger charge is -2.40. The highest BCUT2D eigenvalue weighted by Crippen LogP contribution is 2.42. The summed E-state index contributed by atoms with van der Waals surface area (Å²) in [6.45, 7) is 0.412. The number of ether oxygens (including phenoxy) is 1. The number of amides is 1. The molecule has 4 N–H and O–H groups in total. The molecule has 0 unspecified atom stereocenters. The minimum atomic E-state index is -1.26. The largest absolute Gasteiger partial charge is 0.480 e. The Bertz CT molecular complexity index is 360. The Morgan fingerprint density at radius 3 is 2.42 bits per heavy atom. The van der Waals surface area contributed by atoms with Crippen LogP contribution in [-0.2, 0) is 19.1 Å². The highest BCUT2D eigenvalue weighted by atomic mass is 16.5. The van der Waals surface area contributed by atoms with E-state index in [0.717, 1.165) is 19.3 Å². The van der Waals surface area contributed by atoms with Crippen LogP contribution in [0.5, 0.6) is 0 Å². The van der Waals surface area contributed by atoms with Crippen molar-refractivity contribution in [3.8, 4) is 0 Å². The molecular formula is C12H20N2O5. The second-order valence-electron chi connectivity index (χ2n) is 4.97. The van der Waals surface area contributed by atoms with Gasteiger partial charge < -0.3 is 20.9 Å². The molecule has 0 aliphatic heterocycles. The summed E-state index contributed by atoms with van der Waals surface area (Å²) in [7, 11) is 1.17. The van der Waals surface area contributed by atoms with Crippen LogP contribution in [0, 0.1) is 5.41 Å². The lowest BCUT2D eigenvalue weighted by atomic mass is 9.66. The highest BCUT2D eigenvalue weighted by Gasteiger charge is 2.38. The monoisotopic (exact) mass is 272 g/mol. The molecule has 1 atom stereocenters. The number of nitrogens with two attached hydrogens (primary N) is 1. The molecule has 108 valence electrons. The second-order valence-corrected chi connectivity index (χ2v) is 4.97. The van der Waals surface area contributed by atoms with Gasteiger partial charge in [-0.05, 0) is 24.8 Å². The minimum Gasteiger partial charge on any atom is -0.480 e. The third kappa shape index (κ3) is 4.20. The van der Waals surface area contributed by atoms with Crippen LogP contribution in [0.2, 0.25) is 0 Å². The molecule has 7 heteroatoms. The maximum Gasteiger partial charge on any atom is 0.326 e. The Balaban J connectivity index is 2.51. The molecule has 0 spiro atoms. The predicted molar refractivity (Wildman–Crippen MR) is 66.2 cm³/mol. The molecule has 1 fully saturated rings. The number of hydrogen-bond donors (Lipinski definition) is 3. The van der Waals surface area contributed by atoms with E-state index in [-0.39, 0.29) is 24.2 Å². The van der Waals surface area contributed by atoms with E-state index in [4.69, 9.17) is 10.8 Å². The number of esters is 1. The fraction of sp³-hybridized carbons (Fsp3) is 0.750. The summed E-state index contributed by atoms with van der Waals surface area (Å²) in [5, 5.41) is 11.3. The van der Waals surface area contributed by atoms with Crippen LogP contribution in [-0.4, -0.2) is 42.6 Å². The molecule has 1 amide bonds. The molecule has 7 nitrogen and oxygen atoms in total. The van der Waals surface area contributed by atoms with Crippen molar-refractivity contribution in [3.63, 3.8) is 0 Å². The van der Waals surface area contributed by atoms with Crippen molar-refractivity contribution in [3.05, 3.63) is 0 Å². The molecule has 0 aromatic rings. The van der Waals surface area contributed by atoms with E-state index in [1.54, 1.807) is 0 Å². The maximum atomic E-state index is 11.8. The molecule has 0 heterocycles. The number of rotatable bonds is 7. The Kier molecular flexibility index (Phi) is 5.29. The van der Waals surface area contributed by atoms with E-state index < -0.39 is 18.0 Å². The van der Waals surface area contributed by atoms with Gasteiger partial charge in [-0.1, -0.05) is 6.42 Å². The number of hydrogen-bond acceptors (Lipinski definition) is 5. The van der Waals surface area contributed by atoms with Crippen molar-refractivity contribution >= 4 is 17.8 Å². The van der Waals surface area contributed by atoms with Gasteiger partial charge in [-0.25, -0.2) is 4.79 Å². The Labute approximate surface area is 111 Å². The number of methoxy groups -OCH3 is 1. The van der Waals surface area contributed by atoms with Crippen molar-refractivity contribution in [1.82, 2.24) is 5.32 Å². The Hall–Kier alpha value is -1.63. The van der Waals surface area contributed by atoms with Gasteiger partial charge in [0.25, 0.3) is 0 Å². The maximum absolute atomic E-state index is 11.8. The fourth-order valence-electron chi connectivity index (χ4n) is 2.17. The predicted octanol–water partition coefficient (Wildman–Crippen LogP) is -0.362. The summed E-state index contributed by atoms with van der Waals surface area (Å²) in [6.07, 6.45) is 2.62. The zero-order valence-corrected chi connectivity index (χ0v) is 11.0. The quantitative estimate of drug-likeness (QED) is 0.544. The highest BCUT2D eigenvalue weighted by molar-refractivity contribution is 5.87. The van der Waals surface area contributed by atoms with Gasteiger partial charge in [0.15, 0.2) is 0 Å². The first-order valence-corrected chi connectivity index (χ1v) is 6.21. The third-order valence-electron chi connectivity index (χ3n) is 3.61. The number of carbonyl (C=O) groups is 3. The van der Waals surface area contributed by atoms with Crippen molar-refractivity contribution < 1.29 is 24.2 Å². The summed E-state index contributed by atoms with van der Waals surface area (Å²) in [5.74, 6) is -2.32. The zero-order chi connectivity index (χ0) is 14.5. The topological polar surface area (TPSA) is 119 Å². The number of carboxylic acid groups (broad SMARTS) is 1. The first-order chi connectivity index (χ1) is 8.92. The summed E-state index contributed by atoms with van der Waals surface area (Å²) in [6, 6.07) is -1.25. The summed E-state index contributed by atoms with van der Waals surface area (Å²) in [4.78, 5) is 33.8.